The Morgan fingerprint density at radius 2 is 1.90 bits per heavy atom. The van der Waals surface area contributed by atoms with Crippen molar-refractivity contribution in [1.29, 1.82) is 0 Å². The van der Waals surface area contributed by atoms with Crippen molar-refractivity contribution in [1.82, 2.24) is 10.1 Å². The molecule has 8 heteroatoms. The molecule has 2 heterocycles. The number of nitrogens with one attached hydrogen (secondary N) is 1. The fraction of sp³-hybridized carbons (Fsp3) is 0.0909. The van der Waals surface area contributed by atoms with Crippen molar-refractivity contribution < 1.29 is 18.8 Å². The molecule has 1 N–H and O–H groups in total. The molecule has 0 aliphatic rings. The van der Waals surface area contributed by atoms with Crippen LogP contribution in [-0.4, -0.2) is 28.6 Å². The topological polar surface area (TPSA) is 94.3 Å². The van der Waals surface area contributed by atoms with Crippen LogP contribution in [0.15, 0.2) is 65.2 Å². The number of carbonyl (C=O) groups is 2. The quantitative estimate of drug-likeness (QED) is 0.471. The lowest BCUT2D eigenvalue weighted by Crippen LogP contribution is -2.21. The minimum absolute atomic E-state index is 0.251. The van der Waals surface area contributed by atoms with Gasteiger partial charge in [-0.2, -0.15) is 0 Å². The Hall–Kier alpha value is -3.71. The highest BCUT2D eigenvalue weighted by molar-refractivity contribution is 6.35. The minimum Gasteiger partial charge on any atom is -0.452 e. The molecule has 0 bridgehead atoms. The van der Waals surface area contributed by atoms with Gasteiger partial charge in [-0.1, -0.05) is 59.2 Å². The number of fused-ring (bicyclic) bond motifs is 1. The van der Waals surface area contributed by atoms with Gasteiger partial charge in [-0.15, -0.1) is 0 Å². The lowest BCUT2D eigenvalue weighted by atomic mass is 10.0. The van der Waals surface area contributed by atoms with E-state index in [9.17, 15) is 9.59 Å². The van der Waals surface area contributed by atoms with E-state index in [0.29, 0.717) is 27.4 Å². The molecule has 4 aromatic rings. The summed E-state index contributed by atoms with van der Waals surface area (Å²) in [5.41, 5.74) is 2.15. The fourth-order valence-electron chi connectivity index (χ4n) is 2.95. The van der Waals surface area contributed by atoms with E-state index in [1.165, 1.54) is 0 Å². The predicted molar refractivity (Wildman–Crippen MR) is 112 cm³/mol. The Kier molecular flexibility index (Phi) is 5.45. The van der Waals surface area contributed by atoms with Crippen LogP contribution >= 0.6 is 11.6 Å². The maximum atomic E-state index is 12.8. The largest absolute Gasteiger partial charge is 0.452 e. The zero-order valence-electron chi connectivity index (χ0n) is 15.9. The van der Waals surface area contributed by atoms with Gasteiger partial charge in [-0.25, -0.2) is 9.78 Å². The molecule has 30 heavy (non-hydrogen) atoms. The zero-order valence-corrected chi connectivity index (χ0v) is 16.6. The third kappa shape index (κ3) is 4.16. The number of ether oxygens (including phenoxy) is 1. The van der Waals surface area contributed by atoms with Gasteiger partial charge in [0.05, 0.1) is 21.8 Å². The molecule has 2 aromatic carbocycles. The number of aromatic nitrogens is 2. The molecule has 0 fully saturated rings. The lowest BCUT2D eigenvalue weighted by molar-refractivity contribution is -0.119. The van der Waals surface area contributed by atoms with Crippen LogP contribution in [0.4, 0.5) is 5.82 Å². The van der Waals surface area contributed by atoms with Crippen molar-refractivity contribution in [2.75, 3.05) is 11.9 Å². The predicted octanol–water partition coefficient (Wildman–Crippen LogP) is 4.65. The number of rotatable bonds is 5. The van der Waals surface area contributed by atoms with E-state index in [4.69, 9.17) is 20.9 Å². The van der Waals surface area contributed by atoms with Crippen molar-refractivity contribution in [3.63, 3.8) is 0 Å². The number of esters is 1. The molecule has 0 atom stereocenters. The molecule has 0 aliphatic heterocycles. The normalized spacial score (nSPS) is 10.7. The summed E-state index contributed by atoms with van der Waals surface area (Å²) in [5.74, 6) is -0.387. The summed E-state index contributed by atoms with van der Waals surface area (Å²) in [4.78, 5) is 29.5. The van der Waals surface area contributed by atoms with Gasteiger partial charge in [-0.05, 0) is 19.1 Å². The Bertz CT molecular complexity index is 1240. The maximum Gasteiger partial charge on any atom is 0.339 e. The van der Waals surface area contributed by atoms with Gasteiger partial charge >= 0.3 is 5.97 Å². The maximum absolute atomic E-state index is 12.8. The number of hydrogen-bond donors (Lipinski definition) is 1. The molecule has 0 aliphatic carbocycles. The van der Waals surface area contributed by atoms with Crippen LogP contribution in [0.1, 0.15) is 16.1 Å². The first-order chi connectivity index (χ1) is 14.5. The molecular formula is C22H16ClN3O4. The molecular weight excluding hydrogens is 406 g/mol. The number of hydrogen-bond acceptors (Lipinski definition) is 6. The number of para-hydroxylation sites is 1. The average molecular weight is 422 g/mol. The summed E-state index contributed by atoms with van der Waals surface area (Å²) in [5, 5.41) is 7.12. The minimum atomic E-state index is -0.659. The molecule has 7 nitrogen and oxygen atoms in total. The van der Waals surface area contributed by atoms with Gasteiger partial charge < -0.3 is 14.6 Å². The molecule has 0 unspecified atom stereocenters. The van der Waals surface area contributed by atoms with E-state index >= 15 is 0 Å². The van der Waals surface area contributed by atoms with E-state index in [0.717, 1.165) is 5.56 Å². The number of carbonyl (C=O) groups excluding carboxylic acids is 2. The van der Waals surface area contributed by atoms with Crippen LogP contribution in [-0.2, 0) is 9.53 Å². The number of anilines is 1. The molecule has 1 amide bonds. The summed E-state index contributed by atoms with van der Waals surface area (Å²) in [6.45, 7) is 1.22. The summed E-state index contributed by atoms with van der Waals surface area (Å²) >= 11 is 6.32. The van der Waals surface area contributed by atoms with Crippen molar-refractivity contribution in [3.8, 4) is 11.3 Å². The number of halogens is 1. The standard InChI is InChI=1S/C22H16ClN3O4/c1-13-10-19(26-30-13)25-20(27)12-29-22(28)16-11-18(14-6-3-2-4-7-14)24-21-15(16)8-5-9-17(21)23/h2-11H,12H2,1H3,(H,25,26,27). The molecule has 2 aromatic heterocycles. The highest BCUT2D eigenvalue weighted by atomic mass is 35.5. The summed E-state index contributed by atoms with van der Waals surface area (Å²) in [7, 11) is 0. The summed E-state index contributed by atoms with van der Waals surface area (Å²) < 4.78 is 10.1. The summed E-state index contributed by atoms with van der Waals surface area (Å²) in [6, 6.07) is 17.8. The Morgan fingerprint density at radius 3 is 2.63 bits per heavy atom. The van der Waals surface area contributed by atoms with E-state index in [1.54, 1.807) is 37.3 Å². The second-order valence-electron chi connectivity index (χ2n) is 6.50. The van der Waals surface area contributed by atoms with Crippen molar-refractivity contribution in [3.05, 3.63) is 77.0 Å². The number of benzene rings is 2. The van der Waals surface area contributed by atoms with Crippen LogP contribution in [0, 0.1) is 6.92 Å². The molecule has 4 rings (SSSR count). The Labute approximate surface area is 176 Å². The first-order valence-corrected chi connectivity index (χ1v) is 9.44. The molecule has 0 saturated heterocycles. The number of pyridine rings is 1. The SMILES string of the molecule is Cc1cc(NC(=O)COC(=O)c2cc(-c3ccccc3)nc3c(Cl)cccc23)no1. The third-order valence-electron chi connectivity index (χ3n) is 4.31. The fourth-order valence-corrected chi connectivity index (χ4v) is 3.17. The smallest absolute Gasteiger partial charge is 0.339 e. The molecule has 0 radical (unpaired) electrons. The molecule has 0 spiro atoms. The van der Waals surface area contributed by atoms with E-state index in [2.05, 4.69) is 15.5 Å². The van der Waals surface area contributed by atoms with Gasteiger partial charge in [0.15, 0.2) is 12.4 Å². The average Bonchev–Trinajstić information content (AvgIpc) is 3.16. The van der Waals surface area contributed by atoms with Gasteiger partial charge in [0.2, 0.25) is 0 Å². The zero-order chi connectivity index (χ0) is 21.1. The molecule has 0 saturated carbocycles. The van der Waals surface area contributed by atoms with E-state index < -0.39 is 18.5 Å². The highest BCUT2D eigenvalue weighted by Gasteiger charge is 2.18. The Morgan fingerprint density at radius 1 is 1.10 bits per heavy atom. The van der Waals surface area contributed by atoms with E-state index in [-0.39, 0.29) is 11.4 Å². The number of amides is 1. The van der Waals surface area contributed by atoms with Gasteiger partial charge in [-0.3, -0.25) is 4.79 Å². The van der Waals surface area contributed by atoms with Gasteiger partial charge in [0, 0.05) is 17.0 Å². The summed E-state index contributed by atoms with van der Waals surface area (Å²) in [6.07, 6.45) is 0. The van der Waals surface area contributed by atoms with Crippen LogP contribution in [0.2, 0.25) is 5.02 Å². The highest BCUT2D eigenvalue weighted by Crippen LogP contribution is 2.29. The second kappa shape index (κ2) is 8.34. The van der Waals surface area contributed by atoms with Crippen molar-refractivity contribution in [2.45, 2.75) is 6.92 Å². The van der Waals surface area contributed by atoms with Crippen LogP contribution < -0.4 is 5.32 Å². The Balaban J connectivity index is 1.61. The van der Waals surface area contributed by atoms with Gasteiger partial charge in [0.25, 0.3) is 5.91 Å². The van der Waals surface area contributed by atoms with Crippen molar-refractivity contribution >= 4 is 40.2 Å². The van der Waals surface area contributed by atoms with Gasteiger partial charge in [0.1, 0.15) is 5.76 Å². The van der Waals surface area contributed by atoms with Crippen LogP contribution in [0.3, 0.4) is 0 Å². The first kappa shape index (κ1) is 19.6. The number of nitrogens with zero attached hydrogens (tertiary/aromatic N) is 2. The van der Waals surface area contributed by atoms with Crippen molar-refractivity contribution in [2.24, 2.45) is 0 Å². The van der Waals surface area contributed by atoms with Crippen LogP contribution in [0.25, 0.3) is 22.2 Å². The molecule has 150 valence electrons. The first-order valence-electron chi connectivity index (χ1n) is 9.06. The van der Waals surface area contributed by atoms with E-state index in [1.807, 2.05) is 30.3 Å². The third-order valence-corrected chi connectivity index (χ3v) is 4.61. The number of aryl methyl sites for hydroxylation is 1. The lowest BCUT2D eigenvalue weighted by Gasteiger charge is -2.11. The second-order valence-corrected chi connectivity index (χ2v) is 6.91. The van der Waals surface area contributed by atoms with Crippen LogP contribution in [0.5, 0.6) is 0 Å². The monoisotopic (exact) mass is 421 g/mol.